The molecule has 0 aliphatic heterocycles. The van der Waals surface area contributed by atoms with Gasteiger partial charge in [0.1, 0.15) is 0 Å². The molecule has 0 nitrogen and oxygen atoms in total. The van der Waals surface area contributed by atoms with Gasteiger partial charge in [-0.15, -0.1) is 0 Å². The molecule has 108 valence electrons. The minimum absolute atomic E-state index is 0.299. The SMILES string of the molecule is C=C/C=C\C(=C(\C)C=C)C(C)C(/C=C\C)=C(/C=C)CC. The highest BCUT2D eigenvalue weighted by atomic mass is 14.2. The predicted octanol–water partition coefficient (Wildman–Crippen LogP) is 6.34. The molecule has 0 spiro atoms. The third-order valence-corrected chi connectivity index (χ3v) is 3.45. The van der Waals surface area contributed by atoms with Crippen molar-refractivity contribution in [1.29, 1.82) is 0 Å². The van der Waals surface area contributed by atoms with Crippen molar-refractivity contribution in [3.63, 3.8) is 0 Å². The molecule has 1 unspecified atom stereocenters. The molecular weight excluding hydrogens is 240 g/mol. The van der Waals surface area contributed by atoms with Crippen molar-refractivity contribution in [2.75, 3.05) is 0 Å². The van der Waals surface area contributed by atoms with Crippen LogP contribution in [-0.4, -0.2) is 0 Å². The smallest absolute Gasteiger partial charge is 0.00662 e. The van der Waals surface area contributed by atoms with Crippen molar-refractivity contribution in [2.45, 2.75) is 34.1 Å². The molecule has 1 atom stereocenters. The van der Waals surface area contributed by atoms with Gasteiger partial charge in [-0.25, -0.2) is 0 Å². The molecule has 0 radical (unpaired) electrons. The van der Waals surface area contributed by atoms with E-state index in [1.165, 1.54) is 22.3 Å². The maximum absolute atomic E-state index is 3.94. The Bertz CT molecular complexity index is 464. The Labute approximate surface area is 125 Å². The van der Waals surface area contributed by atoms with Gasteiger partial charge >= 0.3 is 0 Å². The number of hydrogen-bond donors (Lipinski definition) is 0. The van der Waals surface area contributed by atoms with Crippen LogP contribution in [0.4, 0.5) is 0 Å². The van der Waals surface area contributed by atoms with E-state index < -0.39 is 0 Å². The summed E-state index contributed by atoms with van der Waals surface area (Å²) in [6.45, 7) is 20.1. The standard InChI is InChI=1S/C20H28/c1-8-13-15-19(16(6)10-3)17(7)20(14-9-2)18(11-4)12-5/h8-11,13-15,17H,1,3-4,12H2,2,5-7H3/b14-9-,15-13-,19-16+,20-18-. The molecule has 0 saturated heterocycles. The number of hydrogen-bond acceptors (Lipinski definition) is 0. The molecule has 0 fully saturated rings. The zero-order valence-corrected chi connectivity index (χ0v) is 13.4. The van der Waals surface area contributed by atoms with Crippen LogP contribution in [0.15, 0.2) is 84.6 Å². The molecule has 0 aromatic carbocycles. The van der Waals surface area contributed by atoms with Gasteiger partial charge in [0.15, 0.2) is 0 Å². The highest BCUT2D eigenvalue weighted by Gasteiger charge is 2.14. The third-order valence-electron chi connectivity index (χ3n) is 3.45. The van der Waals surface area contributed by atoms with Gasteiger partial charge in [0.05, 0.1) is 0 Å². The average molecular weight is 268 g/mol. The summed E-state index contributed by atoms with van der Waals surface area (Å²) in [5, 5.41) is 0. The van der Waals surface area contributed by atoms with Crippen LogP contribution in [0.3, 0.4) is 0 Å². The Balaban J connectivity index is 5.97. The minimum atomic E-state index is 0.299. The molecule has 0 N–H and O–H groups in total. The molecular formula is C20H28. The van der Waals surface area contributed by atoms with Crippen molar-refractivity contribution in [1.82, 2.24) is 0 Å². The summed E-state index contributed by atoms with van der Waals surface area (Å²) in [7, 11) is 0. The molecule has 0 amide bonds. The van der Waals surface area contributed by atoms with Crippen LogP contribution in [0.1, 0.15) is 34.1 Å². The molecule has 0 aromatic heterocycles. The van der Waals surface area contributed by atoms with Crippen molar-refractivity contribution in [3.8, 4) is 0 Å². The fraction of sp³-hybridized carbons (Fsp3) is 0.300. The summed E-state index contributed by atoms with van der Waals surface area (Å²) < 4.78 is 0. The highest BCUT2D eigenvalue weighted by molar-refractivity contribution is 5.44. The highest BCUT2D eigenvalue weighted by Crippen LogP contribution is 2.29. The summed E-state index contributed by atoms with van der Waals surface area (Å²) in [6, 6.07) is 0. The van der Waals surface area contributed by atoms with Crippen LogP contribution >= 0.6 is 0 Å². The summed E-state index contributed by atoms with van der Waals surface area (Å²) >= 11 is 0. The van der Waals surface area contributed by atoms with Crippen molar-refractivity contribution < 1.29 is 0 Å². The second kappa shape index (κ2) is 10.0. The molecule has 0 aromatic rings. The number of rotatable bonds is 8. The van der Waals surface area contributed by atoms with E-state index in [1.54, 1.807) is 6.08 Å². The molecule has 0 rings (SSSR count). The van der Waals surface area contributed by atoms with Gasteiger partial charge in [-0.05, 0) is 42.6 Å². The first-order valence-corrected chi connectivity index (χ1v) is 7.17. The molecule has 0 aliphatic rings. The van der Waals surface area contributed by atoms with Gasteiger partial charge in [-0.1, -0.05) is 76.1 Å². The molecule has 20 heavy (non-hydrogen) atoms. The van der Waals surface area contributed by atoms with Gasteiger partial charge in [0, 0.05) is 5.92 Å². The van der Waals surface area contributed by atoms with Gasteiger partial charge in [0.25, 0.3) is 0 Å². The maximum Gasteiger partial charge on any atom is 0.00662 e. The molecule has 0 saturated carbocycles. The van der Waals surface area contributed by atoms with E-state index in [0.29, 0.717) is 5.92 Å². The van der Waals surface area contributed by atoms with Crippen LogP contribution in [-0.2, 0) is 0 Å². The molecule has 0 bridgehead atoms. The normalized spacial score (nSPS) is 15.8. The Morgan fingerprint density at radius 1 is 1.05 bits per heavy atom. The minimum Gasteiger partial charge on any atom is -0.0991 e. The van der Waals surface area contributed by atoms with Gasteiger partial charge in [0.2, 0.25) is 0 Å². The summed E-state index contributed by atoms with van der Waals surface area (Å²) in [5.41, 5.74) is 5.06. The largest absolute Gasteiger partial charge is 0.0991 e. The molecule has 0 aliphatic carbocycles. The van der Waals surface area contributed by atoms with Gasteiger partial charge < -0.3 is 0 Å². The van der Waals surface area contributed by atoms with Crippen LogP contribution in [0.25, 0.3) is 0 Å². The fourth-order valence-electron chi connectivity index (χ4n) is 2.25. The van der Waals surface area contributed by atoms with E-state index in [0.717, 1.165) is 6.42 Å². The van der Waals surface area contributed by atoms with Crippen LogP contribution < -0.4 is 0 Å². The lowest BCUT2D eigenvalue weighted by Gasteiger charge is -2.19. The van der Waals surface area contributed by atoms with Crippen molar-refractivity contribution in [2.24, 2.45) is 5.92 Å². The first-order valence-electron chi connectivity index (χ1n) is 7.17. The Hall–Kier alpha value is -1.82. The molecule has 0 heterocycles. The summed E-state index contributed by atoms with van der Waals surface area (Å²) in [5.74, 6) is 0.299. The number of allylic oxidation sites excluding steroid dienone is 11. The van der Waals surface area contributed by atoms with Gasteiger partial charge in [-0.2, -0.15) is 0 Å². The van der Waals surface area contributed by atoms with E-state index in [9.17, 15) is 0 Å². The van der Waals surface area contributed by atoms with Crippen molar-refractivity contribution >= 4 is 0 Å². The Morgan fingerprint density at radius 3 is 2.10 bits per heavy atom. The monoisotopic (exact) mass is 268 g/mol. The zero-order chi connectivity index (χ0) is 15.5. The first-order chi connectivity index (χ1) is 9.56. The zero-order valence-electron chi connectivity index (χ0n) is 13.4. The summed E-state index contributed by atoms with van der Waals surface area (Å²) in [4.78, 5) is 0. The van der Waals surface area contributed by atoms with E-state index in [1.807, 2.05) is 25.2 Å². The quantitative estimate of drug-likeness (QED) is 0.451. The van der Waals surface area contributed by atoms with Crippen molar-refractivity contribution in [3.05, 3.63) is 84.6 Å². The average Bonchev–Trinajstić information content (AvgIpc) is 2.47. The van der Waals surface area contributed by atoms with Crippen LogP contribution in [0.5, 0.6) is 0 Å². The third kappa shape index (κ3) is 5.05. The second-order valence-corrected chi connectivity index (χ2v) is 4.70. The lowest BCUT2D eigenvalue weighted by Crippen LogP contribution is -2.05. The lowest BCUT2D eigenvalue weighted by molar-refractivity contribution is 0.820. The van der Waals surface area contributed by atoms with E-state index in [-0.39, 0.29) is 0 Å². The first kappa shape index (κ1) is 18.2. The Morgan fingerprint density at radius 2 is 1.70 bits per heavy atom. The van der Waals surface area contributed by atoms with Crippen LogP contribution in [0, 0.1) is 5.92 Å². The maximum atomic E-state index is 3.94. The second-order valence-electron chi connectivity index (χ2n) is 4.70. The lowest BCUT2D eigenvalue weighted by atomic mass is 9.85. The fourth-order valence-corrected chi connectivity index (χ4v) is 2.25. The predicted molar refractivity (Wildman–Crippen MR) is 93.7 cm³/mol. The van der Waals surface area contributed by atoms with Gasteiger partial charge in [-0.3, -0.25) is 0 Å². The van der Waals surface area contributed by atoms with E-state index in [2.05, 4.69) is 58.7 Å². The summed E-state index contributed by atoms with van der Waals surface area (Å²) in [6.07, 6.45) is 15.0. The topological polar surface area (TPSA) is 0 Å². The van der Waals surface area contributed by atoms with Crippen LogP contribution in [0.2, 0.25) is 0 Å². The molecule has 0 heteroatoms. The van der Waals surface area contributed by atoms with E-state index in [4.69, 9.17) is 0 Å². The Kier molecular flexibility index (Phi) is 9.11. The van der Waals surface area contributed by atoms with E-state index >= 15 is 0 Å².